The van der Waals surface area contributed by atoms with Gasteiger partial charge in [-0.05, 0) is 43.4 Å². The molecule has 1 unspecified atom stereocenters. The van der Waals surface area contributed by atoms with E-state index >= 15 is 0 Å². The molecule has 3 N–H and O–H groups in total. The number of aromatic carboxylic acids is 1. The number of hydrogen-bond donors (Lipinski definition) is 3. The first-order valence-corrected chi connectivity index (χ1v) is 7.03. The van der Waals surface area contributed by atoms with Crippen LogP contribution in [0.4, 0.5) is 10.5 Å². The number of carboxylic acids is 1. The zero-order valence-corrected chi connectivity index (χ0v) is 12.0. The number of hydrogen-bond acceptors (Lipinski definition) is 3. The lowest BCUT2D eigenvalue weighted by molar-refractivity contribution is 0.0559. The Kier molecular flexibility index (Phi) is 5.16. The number of aryl methyl sites for hydroxylation is 1. The summed E-state index contributed by atoms with van der Waals surface area (Å²) < 4.78 is 5.36. The number of carboxylic acid groups (broad SMARTS) is 1. The largest absolute Gasteiger partial charge is 0.478 e. The minimum absolute atomic E-state index is 0.150. The Morgan fingerprint density at radius 2 is 2.24 bits per heavy atom. The molecule has 0 bridgehead atoms. The second-order valence-corrected chi connectivity index (χ2v) is 5.25. The molecule has 0 aliphatic carbocycles. The van der Waals surface area contributed by atoms with Crippen LogP contribution in [0.25, 0.3) is 0 Å². The number of amides is 2. The lowest BCUT2D eigenvalue weighted by atomic mass is 10.0. The van der Waals surface area contributed by atoms with Crippen molar-refractivity contribution in [1.29, 1.82) is 0 Å². The van der Waals surface area contributed by atoms with E-state index in [1.54, 1.807) is 6.07 Å². The second-order valence-electron chi connectivity index (χ2n) is 5.25. The molecule has 1 heterocycles. The van der Waals surface area contributed by atoms with Crippen molar-refractivity contribution in [3.05, 3.63) is 29.3 Å². The van der Waals surface area contributed by atoms with Crippen LogP contribution in [0.2, 0.25) is 0 Å². The molecule has 2 rings (SSSR count). The van der Waals surface area contributed by atoms with E-state index in [1.165, 1.54) is 12.1 Å². The molecular formula is C15H20N2O4. The Hall–Kier alpha value is -2.08. The van der Waals surface area contributed by atoms with Gasteiger partial charge in [0.2, 0.25) is 0 Å². The van der Waals surface area contributed by atoms with Gasteiger partial charge in [-0.2, -0.15) is 0 Å². The van der Waals surface area contributed by atoms with Crippen LogP contribution in [-0.4, -0.2) is 36.9 Å². The van der Waals surface area contributed by atoms with E-state index in [0.717, 1.165) is 25.0 Å². The molecular weight excluding hydrogens is 272 g/mol. The number of carbonyl (C=O) groups excluding carboxylic acids is 1. The summed E-state index contributed by atoms with van der Waals surface area (Å²) in [4.78, 5) is 22.8. The molecule has 6 heteroatoms. The number of nitrogens with one attached hydrogen (secondary N) is 2. The van der Waals surface area contributed by atoms with Gasteiger partial charge in [-0.1, -0.05) is 6.07 Å². The van der Waals surface area contributed by atoms with Crippen LogP contribution >= 0.6 is 0 Å². The fourth-order valence-electron chi connectivity index (χ4n) is 2.26. The lowest BCUT2D eigenvalue weighted by Crippen LogP contribution is -2.36. The predicted molar refractivity (Wildman–Crippen MR) is 78.7 cm³/mol. The van der Waals surface area contributed by atoms with Crippen molar-refractivity contribution >= 4 is 17.7 Å². The number of carbonyl (C=O) groups is 2. The topological polar surface area (TPSA) is 87.7 Å². The van der Waals surface area contributed by atoms with Gasteiger partial charge >= 0.3 is 12.0 Å². The molecule has 1 fully saturated rings. The maximum absolute atomic E-state index is 11.9. The van der Waals surface area contributed by atoms with E-state index in [2.05, 4.69) is 10.6 Å². The van der Waals surface area contributed by atoms with Crippen LogP contribution in [0.1, 0.15) is 28.8 Å². The minimum atomic E-state index is -1.02. The highest BCUT2D eigenvalue weighted by molar-refractivity contribution is 5.93. The van der Waals surface area contributed by atoms with Crippen molar-refractivity contribution in [3.8, 4) is 0 Å². The molecule has 0 radical (unpaired) electrons. The fourth-order valence-corrected chi connectivity index (χ4v) is 2.26. The van der Waals surface area contributed by atoms with E-state index in [1.807, 2.05) is 6.92 Å². The number of urea groups is 1. The van der Waals surface area contributed by atoms with Crippen LogP contribution in [0.5, 0.6) is 0 Å². The summed E-state index contributed by atoms with van der Waals surface area (Å²) in [6.07, 6.45) is 2.07. The van der Waals surface area contributed by atoms with Gasteiger partial charge in [0.15, 0.2) is 0 Å². The molecule has 1 aromatic rings. The molecule has 1 saturated heterocycles. The standard InChI is InChI=1S/C15H20N2O4/c1-10-4-5-12(14(18)19)7-13(10)17-15(20)16-8-11-3-2-6-21-9-11/h4-5,7,11H,2-3,6,8-9H2,1H3,(H,18,19)(H2,16,17,20). The van der Waals surface area contributed by atoms with E-state index in [9.17, 15) is 9.59 Å². The second kappa shape index (κ2) is 7.08. The molecule has 1 aromatic carbocycles. The van der Waals surface area contributed by atoms with Crippen molar-refractivity contribution in [2.45, 2.75) is 19.8 Å². The fraction of sp³-hybridized carbons (Fsp3) is 0.467. The summed E-state index contributed by atoms with van der Waals surface area (Å²) >= 11 is 0. The van der Waals surface area contributed by atoms with Crippen LogP contribution in [0.15, 0.2) is 18.2 Å². The highest BCUT2D eigenvalue weighted by Crippen LogP contribution is 2.17. The van der Waals surface area contributed by atoms with Crippen LogP contribution in [0.3, 0.4) is 0 Å². The molecule has 1 atom stereocenters. The van der Waals surface area contributed by atoms with Crippen molar-refractivity contribution in [2.75, 3.05) is 25.1 Å². The van der Waals surface area contributed by atoms with Crippen molar-refractivity contribution in [1.82, 2.24) is 5.32 Å². The third kappa shape index (κ3) is 4.46. The normalized spacial score (nSPS) is 18.0. The lowest BCUT2D eigenvalue weighted by Gasteiger charge is -2.22. The van der Waals surface area contributed by atoms with Gasteiger partial charge in [-0.25, -0.2) is 9.59 Å². The average molecular weight is 292 g/mol. The summed E-state index contributed by atoms with van der Waals surface area (Å²) in [7, 11) is 0. The Morgan fingerprint density at radius 3 is 2.90 bits per heavy atom. The summed E-state index contributed by atoms with van der Waals surface area (Å²) in [5.74, 6) is -0.672. The third-order valence-electron chi connectivity index (χ3n) is 3.54. The summed E-state index contributed by atoms with van der Waals surface area (Å²) in [5, 5.41) is 14.5. The first-order valence-electron chi connectivity index (χ1n) is 7.03. The Balaban J connectivity index is 1.89. The van der Waals surface area contributed by atoms with Crippen molar-refractivity contribution in [2.24, 2.45) is 5.92 Å². The minimum Gasteiger partial charge on any atom is -0.478 e. The van der Waals surface area contributed by atoms with Crippen molar-refractivity contribution in [3.63, 3.8) is 0 Å². The van der Waals surface area contributed by atoms with Gasteiger partial charge in [0.25, 0.3) is 0 Å². The van der Waals surface area contributed by atoms with E-state index < -0.39 is 5.97 Å². The highest BCUT2D eigenvalue weighted by Gasteiger charge is 2.15. The Bertz CT molecular complexity index is 524. The predicted octanol–water partition coefficient (Wildman–Crippen LogP) is 2.24. The van der Waals surface area contributed by atoms with E-state index in [0.29, 0.717) is 24.8 Å². The molecule has 21 heavy (non-hydrogen) atoms. The number of ether oxygens (including phenoxy) is 1. The molecule has 1 aliphatic rings. The first kappa shape index (κ1) is 15.3. The quantitative estimate of drug-likeness (QED) is 0.794. The maximum Gasteiger partial charge on any atom is 0.335 e. The third-order valence-corrected chi connectivity index (χ3v) is 3.54. The zero-order valence-electron chi connectivity index (χ0n) is 12.0. The summed E-state index contributed by atoms with van der Waals surface area (Å²) in [6.45, 7) is 3.84. The summed E-state index contributed by atoms with van der Waals surface area (Å²) in [5.41, 5.74) is 1.47. The number of benzene rings is 1. The molecule has 0 saturated carbocycles. The van der Waals surface area contributed by atoms with Crippen LogP contribution in [-0.2, 0) is 4.74 Å². The molecule has 2 amide bonds. The zero-order chi connectivity index (χ0) is 15.2. The summed E-state index contributed by atoms with van der Waals surface area (Å²) in [6, 6.07) is 4.32. The van der Waals surface area contributed by atoms with Gasteiger partial charge in [0.05, 0.1) is 12.2 Å². The van der Waals surface area contributed by atoms with E-state index in [-0.39, 0.29) is 11.6 Å². The SMILES string of the molecule is Cc1ccc(C(=O)O)cc1NC(=O)NCC1CCCOC1. The maximum atomic E-state index is 11.9. The van der Waals surface area contributed by atoms with Gasteiger partial charge in [0.1, 0.15) is 0 Å². The molecule has 6 nitrogen and oxygen atoms in total. The smallest absolute Gasteiger partial charge is 0.335 e. The average Bonchev–Trinajstić information content (AvgIpc) is 2.48. The molecule has 0 aromatic heterocycles. The monoisotopic (exact) mass is 292 g/mol. The van der Waals surface area contributed by atoms with Crippen LogP contribution in [0, 0.1) is 12.8 Å². The number of anilines is 1. The number of rotatable bonds is 4. The molecule has 0 spiro atoms. The van der Waals surface area contributed by atoms with Crippen molar-refractivity contribution < 1.29 is 19.4 Å². The highest BCUT2D eigenvalue weighted by atomic mass is 16.5. The van der Waals surface area contributed by atoms with Crippen LogP contribution < -0.4 is 10.6 Å². The Morgan fingerprint density at radius 1 is 1.43 bits per heavy atom. The first-order chi connectivity index (χ1) is 10.1. The van der Waals surface area contributed by atoms with Gasteiger partial charge in [-0.15, -0.1) is 0 Å². The Labute approximate surface area is 123 Å². The van der Waals surface area contributed by atoms with E-state index in [4.69, 9.17) is 9.84 Å². The molecule has 114 valence electrons. The molecule has 1 aliphatic heterocycles. The van der Waals surface area contributed by atoms with Gasteiger partial charge in [0, 0.05) is 18.8 Å². The van der Waals surface area contributed by atoms with Gasteiger partial charge in [-0.3, -0.25) is 0 Å². The van der Waals surface area contributed by atoms with Gasteiger partial charge < -0.3 is 20.5 Å².